The van der Waals surface area contributed by atoms with Crippen LogP contribution in [0.2, 0.25) is 0 Å². The van der Waals surface area contributed by atoms with Gasteiger partial charge in [0.1, 0.15) is 5.76 Å². The highest BCUT2D eigenvalue weighted by molar-refractivity contribution is 5.30. The van der Waals surface area contributed by atoms with E-state index in [1.807, 2.05) is 6.08 Å². The van der Waals surface area contributed by atoms with Crippen molar-refractivity contribution in [1.82, 2.24) is 0 Å². The molecular formula is C10H14O. The summed E-state index contributed by atoms with van der Waals surface area (Å²) < 4.78 is 5.30. The van der Waals surface area contributed by atoms with Gasteiger partial charge in [0.15, 0.2) is 0 Å². The molecule has 0 spiro atoms. The van der Waals surface area contributed by atoms with Crippen molar-refractivity contribution in [2.45, 2.75) is 13.3 Å². The first kappa shape index (κ1) is 8.12. The van der Waals surface area contributed by atoms with Crippen LogP contribution in [-0.4, -0.2) is 6.61 Å². The molecule has 1 rings (SSSR count). The van der Waals surface area contributed by atoms with Crippen LogP contribution in [0.25, 0.3) is 0 Å². The average molecular weight is 150 g/mol. The lowest BCUT2D eigenvalue weighted by Crippen LogP contribution is -2.14. The standard InChI is InChI=1S/C10H14O/c1-4-5-10-8(2)6-7-11-9(10)3/h4-5,8H,1,3,6-7H2,2H3/b10-5-/t8-/m1/s1. The first-order valence-electron chi connectivity index (χ1n) is 3.90. The normalized spacial score (nSPS) is 28.3. The van der Waals surface area contributed by atoms with Crippen LogP contribution in [-0.2, 0) is 4.74 Å². The van der Waals surface area contributed by atoms with Gasteiger partial charge in [-0.2, -0.15) is 0 Å². The Hall–Kier alpha value is -0.980. The lowest BCUT2D eigenvalue weighted by molar-refractivity contribution is 0.174. The molecule has 0 bridgehead atoms. The van der Waals surface area contributed by atoms with E-state index in [0.29, 0.717) is 5.92 Å². The molecule has 1 saturated heterocycles. The SMILES string of the molecule is C=C/C=C1\C(=C)OCC[C@H]1C. The molecule has 0 radical (unpaired) electrons. The maximum absolute atomic E-state index is 5.30. The van der Waals surface area contributed by atoms with Gasteiger partial charge < -0.3 is 4.74 Å². The predicted molar refractivity (Wildman–Crippen MR) is 47.2 cm³/mol. The molecule has 1 aliphatic rings. The number of ether oxygens (including phenoxy) is 1. The molecule has 0 amide bonds. The third kappa shape index (κ3) is 1.73. The smallest absolute Gasteiger partial charge is 0.115 e. The van der Waals surface area contributed by atoms with Crippen LogP contribution in [0.1, 0.15) is 13.3 Å². The molecule has 0 aromatic rings. The summed E-state index contributed by atoms with van der Waals surface area (Å²) in [5.41, 5.74) is 1.19. The molecule has 11 heavy (non-hydrogen) atoms. The molecule has 60 valence electrons. The molecule has 0 unspecified atom stereocenters. The van der Waals surface area contributed by atoms with Crippen molar-refractivity contribution in [2.75, 3.05) is 6.61 Å². The van der Waals surface area contributed by atoms with Gasteiger partial charge in [0.2, 0.25) is 0 Å². The number of hydrogen-bond acceptors (Lipinski definition) is 1. The Kier molecular flexibility index (Phi) is 2.53. The Morgan fingerprint density at radius 3 is 2.91 bits per heavy atom. The van der Waals surface area contributed by atoms with Gasteiger partial charge in [-0.05, 0) is 17.9 Å². The summed E-state index contributed by atoms with van der Waals surface area (Å²) in [6, 6.07) is 0. The third-order valence-corrected chi connectivity index (χ3v) is 1.98. The fraction of sp³-hybridized carbons (Fsp3) is 0.400. The van der Waals surface area contributed by atoms with Crippen molar-refractivity contribution in [3.8, 4) is 0 Å². The summed E-state index contributed by atoms with van der Waals surface area (Å²) in [7, 11) is 0. The highest BCUT2D eigenvalue weighted by Crippen LogP contribution is 2.27. The minimum absolute atomic E-state index is 0.564. The number of allylic oxidation sites excluding steroid dienone is 3. The summed E-state index contributed by atoms with van der Waals surface area (Å²) in [4.78, 5) is 0. The monoisotopic (exact) mass is 150 g/mol. The lowest BCUT2D eigenvalue weighted by Gasteiger charge is -2.24. The van der Waals surface area contributed by atoms with E-state index in [-0.39, 0.29) is 0 Å². The van der Waals surface area contributed by atoms with E-state index in [4.69, 9.17) is 4.74 Å². The Bertz CT molecular complexity index is 201. The largest absolute Gasteiger partial charge is 0.494 e. The van der Waals surface area contributed by atoms with Crippen molar-refractivity contribution in [3.05, 3.63) is 36.6 Å². The van der Waals surface area contributed by atoms with Crippen LogP contribution >= 0.6 is 0 Å². The van der Waals surface area contributed by atoms with Gasteiger partial charge >= 0.3 is 0 Å². The van der Waals surface area contributed by atoms with Gasteiger partial charge in [-0.3, -0.25) is 0 Å². The minimum Gasteiger partial charge on any atom is -0.494 e. The predicted octanol–water partition coefficient (Wildman–Crippen LogP) is 2.67. The quantitative estimate of drug-likeness (QED) is 0.558. The molecule has 0 aromatic carbocycles. The van der Waals surface area contributed by atoms with Crippen molar-refractivity contribution < 1.29 is 4.74 Å². The van der Waals surface area contributed by atoms with Crippen LogP contribution in [0, 0.1) is 5.92 Å². The van der Waals surface area contributed by atoms with Gasteiger partial charge in [0.25, 0.3) is 0 Å². The second-order valence-electron chi connectivity index (χ2n) is 2.82. The van der Waals surface area contributed by atoms with Crippen LogP contribution in [0.3, 0.4) is 0 Å². The molecule has 0 N–H and O–H groups in total. The molecule has 1 heteroatoms. The lowest BCUT2D eigenvalue weighted by atomic mass is 9.94. The van der Waals surface area contributed by atoms with Gasteiger partial charge in [-0.25, -0.2) is 0 Å². The van der Waals surface area contributed by atoms with E-state index in [0.717, 1.165) is 18.8 Å². The fourth-order valence-corrected chi connectivity index (χ4v) is 1.26. The van der Waals surface area contributed by atoms with Gasteiger partial charge in [0.05, 0.1) is 6.61 Å². The molecular weight excluding hydrogens is 136 g/mol. The average Bonchev–Trinajstić information content (AvgIpc) is 1.97. The topological polar surface area (TPSA) is 9.23 Å². The van der Waals surface area contributed by atoms with Gasteiger partial charge in [-0.15, -0.1) is 0 Å². The van der Waals surface area contributed by atoms with E-state index < -0.39 is 0 Å². The van der Waals surface area contributed by atoms with E-state index in [2.05, 4.69) is 20.1 Å². The van der Waals surface area contributed by atoms with E-state index >= 15 is 0 Å². The van der Waals surface area contributed by atoms with Crippen molar-refractivity contribution in [3.63, 3.8) is 0 Å². The molecule has 1 atom stereocenters. The van der Waals surface area contributed by atoms with E-state index in [9.17, 15) is 0 Å². The highest BCUT2D eigenvalue weighted by Gasteiger charge is 2.17. The molecule has 0 saturated carbocycles. The molecule has 1 aliphatic heterocycles. The number of rotatable bonds is 1. The summed E-state index contributed by atoms with van der Waals surface area (Å²) in [5, 5.41) is 0. The zero-order valence-electron chi connectivity index (χ0n) is 6.97. The van der Waals surface area contributed by atoms with Crippen LogP contribution in [0.15, 0.2) is 36.6 Å². The molecule has 1 heterocycles. The highest BCUT2D eigenvalue weighted by atomic mass is 16.5. The first-order valence-corrected chi connectivity index (χ1v) is 3.90. The molecule has 1 nitrogen and oxygen atoms in total. The first-order chi connectivity index (χ1) is 5.25. The van der Waals surface area contributed by atoms with Gasteiger partial charge in [0, 0.05) is 0 Å². The third-order valence-electron chi connectivity index (χ3n) is 1.98. The van der Waals surface area contributed by atoms with Crippen molar-refractivity contribution >= 4 is 0 Å². The Balaban J connectivity index is 2.78. The summed E-state index contributed by atoms with van der Waals surface area (Å²) in [5.74, 6) is 1.37. The zero-order valence-corrected chi connectivity index (χ0v) is 6.97. The van der Waals surface area contributed by atoms with E-state index in [1.54, 1.807) is 6.08 Å². The van der Waals surface area contributed by atoms with Crippen LogP contribution < -0.4 is 0 Å². The van der Waals surface area contributed by atoms with Crippen molar-refractivity contribution in [2.24, 2.45) is 5.92 Å². The van der Waals surface area contributed by atoms with E-state index in [1.165, 1.54) is 5.57 Å². The Labute approximate surface area is 68.1 Å². The zero-order chi connectivity index (χ0) is 8.27. The molecule has 1 fully saturated rings. The van der Waals surface area contributed by atoms with Gasteiger partial charge in [-0.1, -0.05) is 32.2 Å². The summed E-state index contributed by atoms with van der Waals surface area (Å²) >= 11 is 0. The number of hydrogen-bond donors (Lipinski definition) is 0. The fourth-order valence-electron chi connectivity index (χ4n) is 1.26. The Morgan fingerprint density at radius 1 is 1.64 bits per heavy atom. The second kappa shape index (κ2) is 3.42. The van der Waals surface area contributed by atoms with Crippen LogP contribution in [0.4, 0.5) is 0 Å². The maximum atomic E-state index is 5.30. The summed E-state index contributed by atoms with van der Waals surface area (Å²) in [6.07, 6.45) is 4.84. The second-order valence-corrected chi connectivity index (χ2v) is 2.82. The summed E-state index contributed by atoms with van der Waals surface area (Å²) in [6.45, 7) is 10.5. The van der Waals surface area contributed by atoms with Crippen molar-refractivity contribution in [1.29, 1.82) is 0 Å². The molecule has 0 aromatic heterocycles. The van der Waals surface area contributed by atoms with Crippen LogP contribution in [0.5, 0.6) is 0 Å². The molecule has 0 aliphatic carbocycles. The maximum Gasteiger partial charge on any atom is 0.115 e. The minimum atomic E-state index is 0.564. The Morgan fingerprint density at radius 2 is 2.36 bits per heavy atom.